The Bertz CT molecular complexity index is 542. The van der Waals surface area contributed by atoms with E-state index in [4.69, 9.17) is 0 Å². The Hall–Kier alpha value is -1.09. The first kappa shape index (κ1) is 16.3. The average Bonchev–Trinajstić information content (AvgIpc) is 3.20. The Morgan fingerprint density at radius 3 is 2.71 bits per heavy atom. The molecule has 0 amide bonds. The average molecular weight is 369 g/mol. The van der Waals surface area contributed by atoms with E-state index in [2.05, 4.69) is 31.7 Å². The maximum atomic E-state index is 12.3. The molecular formula is C12H16BrF3N4O. The fourth-order valence-electron chi connectivity index (χ4n) is 1.78. The number of nitrogens with zero attached hydrogens (tertiary/aromatic N) is 2. The van der Waals surface area contributed by atoms with E-state index in [1.54, 1.807) is 0 Å². The molecule has 1 aromatic rings. The summed E-state index contributed by atoms with van der Waals surface area (Å²) in [5.41, 5.74) is -0.390. The summed E-state index contributed by atoms with van der Waals surface area (Å²) in [5.74, 6) is 0. The summed E-state index contributed by atoms with van der Waals surface area (Å²) in [6, 6.07) is 0.643. The molecule has 1 fully saturated rings. The van der Waals surface area contributed by atoms with Crippen molar-refractivity contribution < 1.29 is 13.2 Å². The Morgan fingerprint density at radius 2 is 2.10 bits per heavy atom. The van der Waals surface area contributed by atoms with Crippen LogP contribution in [0.25, 0.3) is 0 Å². The first-order valence-electron chi connectivity index (χ1n) is 6.66. The van der Waals surface area contributed by atoms with Crippen molar-refractivity contribution in [2.45, 2.75) is 38.0 Å². The van der Waals surface area contributed by atoms with E-state index >= 15 is 0 Å². The van der Waals surface area contributed by atoms with E-state index in [9.17, 15) is 18.0 Å². The van der Waals surface area contributed by atoms with Crippen molar-refractivity contribution in [2.75, 3.05) is 18.4 Å². The molecule has 2 rings (SSSR count). The third kappa shape index (κ3) is 5.31. The zero-order valence-electron chi connectivity index (χ0n) is 11.2. The quantitative estimate of drug-likeness (QED) is 0.723. The molecule has 0 saturated heterocycles. The van der Waals surface area contributed by atoms with E-state index in [1.807, 2.05) is 0 Å². The second-order valence-corrected chi connectivity index (χ2v) is 5.75. The van der Waals surface area contributed by atoms with Gasteiger partial charge in [0.2, 0.25) is 0 Å². The molecule has 5 nitrogen and oxygen atoms in total. The predicted octanol–water partition coefficient (Wildman–Crippen LogP) is 2.12. The monoisotopic (exact) mass is 368 g/mol. The molecular weight excluding hydrogens is 353 g/mol. The highest BCUT2D eigenvalue weighted by Crippen LogP contribution is 2.20. The molecule has 2 N–H and O–H groups in total. The highest BCUT2D eigenvalue weighted by Gasteiger charge is 2.29. The van der Waals surface area contributed by atoms with Gasteiger partial charge >= 0.3 is 6.18 Å². The lowest BCUT2D eigenvalue weighted by Crippen LogP contribution is -2.31. The van der Waals surface area contributed by atoms with E-state index in [1.165, 1.54) is 19.0 Å². The summed E-state index contributed by atoms with van der Waals surface area (Å²) < 4.78 is 37.3. The van der Waals surface area contributed by atoms with Crippen LogP contribution < -0.4 is 16.2 Å². The highest BCUT2D eigenvalue weighted by atomic mass is 79.9. The first-order chi connectivity index (χ1) is 9.87. The van der Waals surface area contributed by atoms with Gasteiger partial charge in [-0.15, -0.1) is 0 Å². The van der Waals surface area contributed by atoms with Crippen molar-refractivity contribution in [2.24, 2.45) is 0 Å². The molecule has 0 aliphatic heterocycles. The Kier molecular flexibility index (Phi) is 5.26. The number of rotatable bonds is 7. The second-order valence-electron chi connectivity index (χ2n) is 4.96. The van der Waals surface area contributed by atoms with Crippen molar-refractivity contribution in [1.29, 1.82) is 0 Å². The lowest BCUT2D eigenvalue weighted by molar-refractivity contribution is -0.143. The number of hydrogen-bond donors (Lipinski definition) is 2. The molecule has 0 atom stereocenters. The normalized spacial score (nSPS) is 15.2. The Labute approximate surface area is 128 Å². The summed E-state index contributed by atoms with van der Waals surface area (Å²) in [7, 11) is 0. The van der Waals surface area contributed by atoms with Crippen LogP contribution in [0.5, 0.6) is 0 Å². The van der Waals surface area contributed by atoms with Crippen LogP contribution in [0.2, 0.25) is 0 Å². The molecule has 1 saturated carbocycles. The van der Waals surface area contributed by atoms with Gasteiger partial charge in [-0.1, -0.05) is 0 Å². The zero-order chi connectivity index (χ0) is 15.5. The molecule has 0 spiro atoms. The van der Waals surface area contributed by atoms with Crippen LogP contribution in [0.1, 0.15) is 19.3 Å². The molecule has 1 aliphatic carbocycles. The maximum Gasteiger partial charge on any atom is 0.408 e. The Balaban J connectivity index is 1.88. The van der Waals surface area contributed by atoms with Crippen LogP contribution in [-0.2, 0) is 6.54 Å². The van der Waals surface area contributed by atoms with Crippen molar-refractivity contribution in [3.05, 3.63) is 21.0 Å². The smallest absolute Gasteiger partial charge is 0.383 e. The highest BCUT2D eigenvalue weighted by molar-refractivity contribution is 9.10. The fraction of sp³-hybridized carbons (Fsp3) is 0.667. The summed E-state index contributed by atoms with van der Waals surface area (Å²) in [5, 5.41) is 9.88. The summed E-state index contributed by atoms with van der Waals surface area (Å²) >= 11 is 3.02. The SMILES string of the molecule is O=c1c(Br)c(NCCCNC2CC2)cnn1CC(F)(F)F. The van der Waals surface area contributed by atoms with Gasteiger partial charge in [-0.2, -0.15) is 18.3 Å². The molecule has 1 aliphatic rings. The number of anilines is 1. The standard InChI is InChI=1S/C12H16BrF3N4O/c13-10-9(18-5-1-4-17-8-2-3-8)6-19-20(11(10)21)7-12(14,15)16/h6,8,17-18H,1-5,7H2. The van der Waals surface area contributed by atoms with Crippen molar-refractivity contribution in [3.8, 4) is 0 Å². The Morgan fingerprint density at radius 1 is 1.38 bits per heavy atom. The van der Waals surface area contributed by atoms with E-state index in [0.29, 0.717) is 23.0 Å². The minimum Gasteiger partial charge on any atom is -0.383 e. The third-order valence-electron chi connectivity index (χ3n) is 2.99. The molecule has 1 heterocycles. The first-order valence-corrected chi connectivity index (χ1v) is 7.46. The summed E-state index contributed by atoms with van der Waals surface area (Å²) in [6.07, 6.45) is 0.0560. The third-order valence-corrected chi connectivity index (χ3v) is 3.76. The molecule has 21 heavy (non-hydrogen) atoms. The van der Waals surface area contributed by atoms with E-state index < -0.39 is 18.3 Å². The molecule has 118 valence electrons. The predicted molar refractivity (Wildman–Crippen MR) is 76.4 cm³/mol. The zero-order valence-corrected chi connectivity index (χ0v) is 12.8. The number of hydrogen-bond acceptors (Lipinski definition) is 4. The van der Waals surface area contributed by atoms with Gasteiger partial charge in [-0.25, -0.2) is 4.68 Å². The van der Waals surface area contributed by atoms with Crippen molar-refractivity contribution in [3.63, 3.8) is 0 Å². The molecule has 0 bridgehead atoms. The number of aromatic nitrogens is 2. The number of halogens is 4. The summed E-state index contributed by atoms with van der Waals surface area (Å²) in [6.45, 7) is 0.0899. The van der Waals surface area contributed by atoms with Crippen molar-refractivity contribution in [1.82, 2.24) is 15.1 Å². The van der Waals surface area contributed by atoms with Gasteiger partial charge in [0, 0.05) is 12.6 Å². The largest absolute Gasteiger partial charge is 0.408 e. The fourth-order valence-corrected chi connectivity index (χ4v) is 2.22. The van der Waals surface area contributed by atoms with E-state index in [0.717, 1.165) is 13.0 Å². The van der Waals surface area contributed by atoms with Gasteiger partial charge < -0.3 is 10.6 Å². The second kappa shape index (κ2) is 6.78. The van der Waals surface area contributed by atoms with Gasteiger partial charge in [0.1, 0.15) is 11.0 Å². The van der Waals surface area contributed by atoms with Crippen LogP contribution in [0.15, 0.2) is 15.5 Å². The van der Waals surface area contributed by atoms with Crippen LogP contribution in [0.3, 0.4) is 0 Å². The topological polar surface area (TPSA) is 59.0 Å². The van der Waals surface area contributed by atoms with E-state index in [-0.39, 0.29) is 4.47 Å². The molecule has 0 unspecified atom stereocenters. The minimum atomic E-state index is -4.47. The lowest BCUT2D eigenvalue weighted by atomic mass is 10.4. The lowest BCUT2D eigenvalue weighted by Gasteiger charge is -2.12. The maximum absolute atomic E-state index is 12.3. The van der Waals surface area contributed by atoms with Gasteiger partial charge in [0.05, 0.1) is 11.9 Å². The number of alkyl halides is 3. The molecule has 0 aromatic carbocycles. The van der Waals surface area contributed by atoms with Crippen molar-refractivity contribution >= 4 is 21.6 Å². The van der Waals surface area contributed by atoms with Crippen LogP contribution in [0.4, 0.5) is 18.9 Å². The number of nitrogens with one attached hydrogen (secondary N) is 2. The van der Waals surface area contributed by atoms with Crippen LogP contribution >= 0.6 is 15.9 Å². The van der Waals surface area contributed by atoms with Crippen LogP contribution in [-0.4, -0.2) is 35.1 Å². The van der Waals surface area contributed by atoms with Gasteiger partial charge in [0.15, 0.2) is 0 Å². The summed E-state index contributed by atoms with van der Waals surface area (Å²) in [4.78, 5) is 11.8. The van der Waals surface area contributed by atoms with Gasteiger partial charge in [-0.3, -0.25) is 4.79 Å². The minimum absolute atomic E-state index is 0.0666. The van der Waals surface area contributed by atoms with Gasteiger partial charge in [-0.05, 0) is 41.7 Å². The molecule has 9 heteroatoms. The van der Waals surface area contributed by atoms with Gasteiger partial charge in [0.25, 0.3) is 5.56 Å². The van der Waals surface area contributed by atoms with Crippen LogP contribution in [0, 0.1) is 0 Å². The molecule has 0 radical (unpaired) electrons. The molecule has 1 aromatic heterocycles.